The Morgan fingerprint density at radius 2 is 0.463 bits per heavy atom. The molecule has 0 amide bonds. The maximum Gasteiger partial charge on any atom is 0.136 e. The SMILES string of the molecule is CC/C=C\CC1CC(C)CC1=O.CCCC/C=C\CC1CC(C)CC1=O.CCCCCC/C=C\CC1CC(C)CC1=O.CCCCCCCCC/C=C/CC1CC(C)CC1=O.CCCCCCCCC/C=C\CC1CC(C)CC1=O. The summed E-state index contributed by atoms with van der Waals surface area (Å²) in [6, 6.07) is 0. The summed E-state index contributed by atoms with van der Waals surface area (Å²) in [5.41, 5.74) is 0. The molecule has 5 saturated carbocycles. The molecule has 5 heteroatoms. The number of unbranched alkanes of at least 4 members (excludes halogenated alkanes) is 20. The van der Waals surface area contributed by atoms with E-state index in [2.05, 4.69) is 130 Å². The molecule has 0 N–H and O–H groups in total. The van der Waals surface area contributed by atoms with E-state index < -0.39 is 0 Å². The molecule has 5 fully saturated rings. The molecular weight excluding hydrogens is 981 g/mol. The lowest BCUT2D eigenvalue weighted by molar-refractivity contribution is -0.121. The molecule has 5 aliphatic carbocycles. The highest BCUT2D eigenvalue weighted by atomic mass is 16.1. The van der Waals surface area contributed by atoms with Gasteiger partial charge < -0.3 is 0 Å². The first kappa shape index (κ1) is 75.1. The van der Waals surface area contributed by atoms with E-state index in [1.165, 1.54) is 154 Å². The molecule has 5 aliphatic rings. The van der Waals surface area contributed by atoms with Gasteiger partial charge in [0.1, 0.15) is 28.9 Å². The number of carbonyl (C=O) groups is 5. The van der Waals surface area contributed by atoms with Crippen LogP contribution in [-0.2, 0) is 24.0 Å². The molecule has 80 heavy (non-hydrogen) atoms. The van der Waals surface area contributed by atoms with Crippen LogP contribution in [0.4, 0.5) is 0 Å². The van der Waals surface area contributed by atoms with Gasteiger partial charge in [-0.3, -0.25) is 24.0 Å². The number of hydrogen-bond donors (Lipinski definition) is 0. The summed E-state index contributed by atoms with van der Waals surface area (Å²) < 4.78 is 0. The molecule has 0 bridgehead atoms. The van der Waals surface area contributed by atoms with Gasteiger partial charge in [0.2, 0.25) is 0 Å². The van der Waals surface area contributed by atoms with E-state index in [9.17, 15) is 24.0 Å². The van der Waals surface area contributed by atoms with Crippen LogP contribution >= 0.6 is 0 Å². The molecule has 0 spiro atoms. The summed E-state index contributed by atoms with van der Waals surface area (Å²) in [5.74, 6) is 7.21. The Morgan fingerprint density at radius 3 is 0.675 bits per heavy atom. The van der Waals surface area contributed by atoms with E-state index in [-0.39, 0.29) is 0 Å². The third-order valence-electron chi connectivity index (χ3n) is 17.5. The number of rotatable bonds is 35. The fraction of sp³-hybridized carbons (Fsp3) is 0.800. The molecule has 5 rings (SSSR count). The largest absolute Gasteiger partial charge is 0.299 e. The van der Waals surface area contributed by atoms with Crippen LogP contribution in [0.3, 0.4) is 0 Å². The summed E-state index contributed by atoms with van der Waals surface area (Å²) >= 11 is 0. The monoisotopic (exact) mass is 1110 g/mol. The number of carbonyl (C=O) groups excluding carboxylic acids is 5. The quantitative estimate of drug-likeness (QED) is 0.0466. The van der Waals surface area contributed by atoms with Crippen molar-refractivity contribution in [2.45, 2.75) is 326 Å². The van der Waals surface area contributed by atoms with Crippen LogP contribution in [0.15, 0.2) is 60.8 Å². The molecule has 5 nitrogen and oxygen atoms in total. The number of Topliss-reactive ketones (excluding diaryl/α,β-unsaturated/α-hetero) is 5. The second-order valence-electron chi connectivity index (χ2n) is 26.3. The predicted molar refractivity (Wildman–Crippen MR) is 347 cm³/mol. The Morgan fingerprint density at radius 1 is 0.263 bits per heavy atom. The lowest BCUT2D eigenvalue weighted by Gasteiger charge is -2.03. The second-order valence-corrected chi connectivity index (χ2v) is 26.3. The molecular formula is C75H130O5. The van der Waals surface area contributed by atoms with E-state index in [0.717, 1.165) is 103 Å². The molecule has 0 aromatic heterocycles. The van der Waals surface area contributed by atoms with Gasteiger partial charge in [0, 0.05) is 61.7 Å². The molecule has 0 aromatic rings. The fourth-order valence-corrected chi connectivity index (χ4v) is 12.6. The molecule has 0 heterocycles. The zero-order valence-electron chi connectivity index (χ0n) is 54.4. The van der Waals surface area contributed by atoms with E-state index >= 15 is 0 Å². The highest BCUT2D eigenvalue weighted by Gasteiger charge is 2.31. The van der Waals surface area contributed by atoms with E-state index in [1.807, 2.05) is 0 Å². The predicted octanol–water partition coefficient (Wildman–Crippen LogP) is 22.6. The van der Waals surface area contributed by atoms with Crippen LogP contribution in [-0.4, -0.2) is 28.9 Å². The van der Waals surface area contributed by atoms with Gasteiger partial charge in [-0.15, -0.1) is 0 Å². The van der Waals surface area contributed by atoms with Gasteiger partial charge >= 0.3 is 0 Å². The maximum absolute atomic E-state index is 11.6. The molecule has 10 atom stereocenters. The van der Waals surface area contributed by atoms with Crippen molar-refractivity contribution >= 4 is 28.9 Å². The van der Waals surface area contributed by atoms with Crippen LogP contribution in [0.2, 0.25) is 0 Å². The summed E-state index contributed by atoms with van der Waals surface area (Å²) in [7, 11) is 0. The standard InChI is InChI=1S/2C18H32O.C15H26O.C13H22O.C11H18O/c2*1-3-4-5-6-7-8-9-10-11-12-13-17-14-16(2)15-18(17)19;1-3-4-5-6-7-8-9-10-14-11-13(2)12-15(14)16;1-3-4-5-6-7-8-12-9-11(2)10-13(12)14;1-3-4-5-6-10-7-9(2)8-11(10)12/h2*11-12,16-17H,3-10,13-15H2,1-2H3;8-9,13-14H,3-7,10-12H2,1-2H3;6-7,11-12H,3-5,8-10H2,1-2H3;4-5,9-10H,3,6-8H2,1-2H3/b12-11+;12-11-;9-8-;7-6-;5-4-. The average Bonchev–Trinajstić information content (AvgIpc) is 4.22. The maximum atomic E-state index is 11.6. The van der Waals surface area contributed by atoms with Crippen LogP contribution in [0.25, 0.3) is 0 Å². The van der Waals surface area contributed by atoms with Crippen molar-refractivity contribution in [3.05, 3.63) is 60.8 Å². The molecule has 0 saturated heterocycles. The Bertz CT molecular complexity index is 1670. The van der Waals surface area contributed by atoms with Crippen molar-refractivity contribution in [1.29, 1.82) is 0 Å². The average molecular weight is 1110 g/mol. The number of allylic oxidation sites excluding steroid dienone is 10. The van der Waals surface area contributed by atoms with E-state index in [1.54, 1.807) is 0 Å². The highest BCUT2D eigenvalue weighted by molar-refractivity contribution is 5.85. The van der Waals surface area contributed by atoms with Crippen LogP contribution < -0.4 is 0 Å². The minimum Gasteiger partial charge on any atom is -0.299 e. The minimum absolute atomic E-state index is 0.334. The highest BCUT2D eigenvalue weighted by Crippen LogP contribution is 2.33. The first-order valence-electron chi connectivity index (χ1n) is 34.6. The van der Waals surface area contributed by atoms with Crippen molar-refractivity contribution < 1.29 is 24.0 Å². The zero-order valence-corrected chi connectivity index (χ0v) is 54.4. The van der Waals surface area contributed by atoms with Crippen molar-refractivity contribution in [3.63, 3.8) is 0 Å². The Balaban J connectivity index is 0.000000505. The van der Waals surface area contributed by atoms with E-state index in [4.69, 9.17) is 0 Å². The molecule has 0 radical (unpaired) electrons. The molecule has 0 aliphatic heterocycles. The van der Waals surface area contributed by atoms with Gasteiger partial charge in [-0.25, -0.2) is 0 Å². The minimum atomic E-state index is 0.334. The van der Waals surface area contributed by atoms with Gasteiger partial charge in [0.05, 0.1) is 0 Å². The molecule has 0 aromatic carbocycles. The van der Waals surface area contributed by atoms with Gasteiger partial charge in [-0.05, 0) is 145 Å². The Labute approximate surface area is 496 Å². The lowest BCUT2D eigenvalue weighted by Crippen LogP contribution is -2.03. The van der Waals surface area contributed by atoms with Crippen LogP contribution in [0.5, 0.6) is 0 Å². The Hall–Kier alpha value is -2.95. The fourth-order valence-electron chi connectivity index (χ4n) is 12.6. The lowest BCUT2D eigenvalue weighted by atomic mass is 10.0. The summed E-state index contributed by atoms with van der Waals surface area (Å²) in [6.07, 6.45) is 69.8. The third kappa shape index (κ3) is 39.5. The van der Waals surface area contributed by atoms with Gasteiger partial charge in [0.25, 0.3) is 0 Å². The van der Waals surface area contributed by atoms with Crippen molar-refractivity contribution in [3.8, 4) is 0 Å². The molecule has 460 valence electrons. The topological polar surface area (TPSA) is 85.3 Å². The summed E-state index contributed by atoms with van der Waals surface area (Å²) in [4.78, 5) is 57.7. The number of ketones is 5. The van der Waals surface area contributed by atoms with Crippen molar-refractivity contribution in [2.24, 2.45) is 59.2 Å². The van der Waals surface area contributed by atoms with Crippen LogP contribution in [0, 0.1) is 59.2 Å². The van der Waals surface area contributed by atoms with E-state index in [0.29, 0.717) is 88.1 Å². The van der Waals surface area contributed by atoms with Crippen LogP contribution in [0.1, 0.15) is 326 Å². The normalized spacial score (nSPS) is 25.8. The van der Waals surface area contributed by atoms with Crippen molar-refractivity contribution in [1.82, 2.24) is 0 Å². The van der Waals surface area contributed by atoms with Gasteiger partial charge in [0.15, 0.2) is 0 Å². The summed E-state index contributed by atoms with van der Waals surface area (Å²) in [5, 5.41) is 0. The zero-order chi connectivity index (χ0) is 59.0. The molecule has 10 unspecified atom stereocenters. The third-order valence-corrected chi connectivity index (χ3v) is 17.5. The first-order chi connectivity index (χ1) is 38.7. The Kier molecular flexibility index (Phi) is 47.4. The van der Waals surface area contributed by atoms with Gasteiger partial charge in [-0.1, -0.05) is 239 Å². The van der Waals surface area contributed by atoms with Crippen molar-refractivity contribution in [2.75, 3.05) is 0 Å². The second kappa shape index (κ2) is 50.6. The first-order valence-corrected chi connectivity index (χ1v) is 34.6. The van der Waals surface area contributed by atoms with Gasteiger partial charge in [-0.2, -0.15) is 0 Å². The number of hydrogen-bond acceptors (Lipinski definition) is 5. The summed E-state index contributed by atoms with van der Waals surface area (Å²) in [6.45, 7) is 22.0. The smallest absolute Gasteiger partial charge is 0.136 e.